The van der Waals surface area contributed by atoms with Gasteiger partial charge in [-0.2, -0.15) is 0 Å². The number of anilines is 1. The Labute approximate surface area is 114 Å². The molecule has 0 aliphatic heterocycles. The van der Waals surface area contributed by atoms with Crippen molar-refractivity contribution < 1.29 is 4.39 Å². The number of rotatable bonds is 1. The predicted octanol–water partition coefficient (Wildman–Crippen LogP) is 4.28. The summed E-state index contributed by atoms with van der Waals surface area (Å²) in [5, 5.41) is 2.15. The van der Waals surface area contributed by atoms with Crippen LogP contribution in [-0.4, -0.2) is 4.98 Å². The molecule has 0 aliphatic carbocycles. The van der Waals surface area contributed by atoms with E-state index >= 15 is 0 Å². The molecular formula is C15H10ClFN2. The van der Waals surface area contributed by atoms with Crippen LogP contribution < -0.4 is 5.73 Å². The number of hydrogen-bond donors (Lipinski definition) is 1. The first-order chi connectivity index (χ1) is 9.16. The smallest absolute Gasteiger partial charge is 0.125 e. The third-order valence-corrected chi connectivity index (χ3v) is 3.37. The maximum Gasteiger partial charge on any atom is 0.125 e. The van der Waals surface area contributed by atoms with E-state index in [4.69, 9.17) is 17.3 Å². The van der Waals surface area contributed by atoms with Crippen LogP contribution in [0.15, 0.2) is 48.8 Å². The van der Waals surface area contributed by atoms with Crippen LogP contribution in [-0.2, 0) is 0 Å². The number of pyridine rings is 1. The lowest BCUT2D eigenvalue weighted by atomic mass is 9.99. The lowest BCUT2D eigenvalue weighted by molar-refractivity contribution is 0.628. The number of nitrogen functional groups attached to an aromatic ring is 1. The number of nitrogens with two attached hydrogens (primary N) is 1. The Bertz CT molecular complexity index is 766. The van der Waals surface area contributed by atoms with E-state index in [1.54, 1.807) is 12.4 Å². The lowest BCUT2D eigenvalue weighted by Gasteiger charge is -2.10. The molecule has 2 aromatic carbocycles. The monoisotopic (exact) mass is 272 g/mol. The average molecular weight is 273 g/mol. The minimum atomic E-state index is -0.415. The minimum absolute atomic E-state index is 0.211. The predicted molar refractivity (Wildman–Crippen MR) is 76.6 cm³/mol. The zero-order valence-corrected chi connectivity index (χ0v) is 10.7. The summed E-state index contributed by atoms with van der Waals surface area (Å²) in [6, 6.07) is 10.3. The lowest BCUT2D eigenvalue weighted by Crippen LogP contribution is -1.94. The molecule has 3 aromatic rings. The Morgan fingerprint density at radius 2 is 1.84 bits per heavy atom. The van der Waals surface area contributed by atoms with E-state index in [1.165, 1.54) is 12.1 Å². The van der Waals surface area contributed by atoms with Gasteiger partial charge >= 0.3 is 0 Å². The van der Waals surface area contributed by atoms with Crippen molar-refractivity contribution >= 4 is 28.1 Å². The fraction of sp³-hybridized carbons (Fsp3) is 0. The summed E-state index contributed by atoms with van der Waals surface area (Å²) >= 11 is 5.93. The summed E-state index contributed by atoms with van der Waals surface area (Å²) in [6.45, 7) is 0. The van der Waals surface area contributed by atoms with E-state index in [0.717, 1.165) is 16.3 Å². The minimum Gasteiger partial charge on any atom is -0.397 e. The first-order valence-electron chi connectivity index (χ1n) is 5.74. The summed E-state index contributed by atoms with van der Waals surface area (Å²) in [6.07, 6.45) is 3.43. The van der Waals surface area contributed by atoms with Crippen molar-refractivity contribution in [3.63, 3.8) is 0 Å². The largest absolute Gasteiger partial charge is 0.397 e. The second kappa shape index (κ2) is 4.52. The van der Waals surface area contributed by atoms with Gasteiger partial charge in [0.15, 0.2) is 0 Å². The van der Waals surface area contributed by atoms with Crippen LogP contribution in [0.3, 0.4) is 0 Å². The molecule has 0 unspecified atom stereocenters. The first kappa shape index (κ1) is 11.9. The van der Waals surface area contributed by atoms with E-state index in [-0.39, 0.29) is 5.02 Å². The van der Waals surface area contributed by atoms with Crippen molar-refractivity contribution in [2.24, 2.45) is 0 Å². The molecule has 0 aliphatic rings. The molecule has 0 atom stereocenters. The number of hydrogen-bond acceptors (Lipinski definition) is 2. The van der Waals surface area contributed by atoms with E-state index in [0.29, 0.717) is 11.3 Å². The molecule has 2 nitrogen and oxygen atoms in total. The van der Waals surface area contributed by atoms with Crippen LogP contribution in [0, 0.1) is 5.82 Å². The van der Waals surface area contributed by atoms with Crippen LogP contribution in [0.1, 0.15) is 0 Å². The Kier molecular flexibility index (Phi) is 2.84. The number of fused-ring (bicyclic) bond motifs is 1. The summed E-state index contributed by atoms with van der Waals surface area (Å²) < 4.78 is 13.5. The average Bonchev–Trinajstić information content (AvgIpc) is 2.42. The molecule has 0 saturated heterocycles. The molecule has 0 radical (unpaired) electrons. The number of benzene rings is 2. The van der Waals surface area contributed by atoms with Gasteiger partial charge in [0, 0.05) is 28.9 Å². The van der Waals surface area contributed by atoms with Crippen LogP contribution in [0.4, 0.5) is 10.1 Å². The van der Waals surface area contributed by atoms with Crippen LogP contribution >= 0.6 is 11.6 Å². The molecule has 0 spiro atoms. The normalized spacial score (nSPS) is 10.8. The third-order valence-electron chi connectivity index (χ3n) is 3.05. The summed E-state index contributed by atoms with van der Waals surface area (Å²) in [5.74, 6) is -0.415. The van der Waals surface area contributed by atoms with Gasteiger partial charge in [-0.1, -0.05) is 35.9 Å². The van der Waals surface area contributed by atoms with Gasteiger partial charge in [-0.05, 0) is 17.5 Å². The van der Waals surface area contributed by atoms with Gasteiger partial charge in [0.05, 0.1) is 10.7 Å². The maximum atomic E-state index is 13.5. The van der Waals surface area contributed by atoms with Gasteiger partial charge in [-0.15, -0.1) is 0 Å². The molecule has 0 bridgehead atoms. The van der Waals surface area contributed by atoms with Crippen molar-refractivity contribution in [2.75, 3.05) is 5.73 Å². The summed E-state index contributed by atoms with van der Waals surface area (Å²) in [5.41, 5.74) is 7.65. The van der Waals surface area contributed by atoms with E-state index in [1.807, 2.05) is 24.3 Å². The van der Waals surface area contributed by atoms with Crippen molar-refractivity contribution in [2.45, 2.75) is 0 Å². The standard InChI is InChI=1S/C15H10ClFN2/c16-14-6-10(17)5-12(15(14)18)13-8-19-7-9-3-1-2-4-11(9)13/h1-8H,18H2. The second-order valence-corrected chi connectivity index (χ2v) is 4.66. The molecule has 94 valence electrons. The molecule has 2 N–H and O–H groups in total. The van der Waals surface area contributed by atoms with Crippen LogP contribution in [0.5, 0.6) is 0 Å². The maximum absolute atomic E-state index is 13.5. The fourth-order valence-corrected chi connectivity index (χ4v) is 2.34. The quantitative estimate of drug-likeness (QED) is 0.672. The zero-order valence-electron chi connectivity index (χ0n) is 9.90. The van der Waals surface area contributed by atoms with E-state index in [9.17, 15) is 4.39 Å². The topological polar surface area (TPSA) is 38.9 Å². The van der Waals surface area contributed by atoms with Crippen molar-refractivity contribution in [3.05, 3.63) is 59.6 Å². The highest BCUT2D eigenvalue weighted by atomic mass is 35.5. The van der Waals surface area contributed by atoms with Crippen molar-refractivity contribution in [3.8, 4) is 11.1 Å². The first-order valence-corrected chi connectivity index (χ1v) is 6.12. The highest BCUT2D eigenvalue weighted by Gasteiger charge is 2.11. The van der Waals surface area contributed by atoms with Gasteiger partial charge in [0.2, 0.25) is 0 Å². The van der Waals surface area contributed by atoms with E-state index < -0.39 is 5.82 Å². The van der Waals surface area contributed by atoms with Gasteiger partial charge in [-0.25, -0.2) is 4.39 Å². The Balaban J connectivity index is 2.37. The van der Waals surface area contributed by atoms with Crippen molar-refractivity contribution in [1.29, 1.82) is 0 Å². The highest BCUT2D eigenvalue weighted by molar-refractivity contribution is 6.33. The molecule has 4 heteroatoms. The Morgan fingerprint density at radius 3 is 2.68 bits per heavy atom. The highest BCUT2D eigenvalue weighted by Crippen LogP contribution is 2.35. The van der Waals surface area contributed by atoms with Gasteiger partial charge in [0.1, 0.15) is 5.82 Å². The molecule has 1 aromatic heterocycles. The molecular weight excluding hydrogens is 263 g/mol. The molecule has 0 saturated carbocycles. The molecule has 0 fully saturated rings. The number of halogens is 2. The van der Waals surface area contributed by atoms with Crippen LogP contribution in [0.2, 0.25) is 5.02 Å². The van der Waals surface area contributed by atoms with Crippen LogP contribution in [0.25, 0.3) is 21.9 Å². The van der Waals surface area contributed by atoms with E-state index in [2.05, 4.69) is 4.98 Å². The molecule has 1 heterocycles. The summed E-state index contributed by atoms with van der Waals surface area (Å²) in [4.78, 5) is 4.17. The molecule has 0 amide bonds. The SMILES string of the molecule is Nc1c(Cl)cc(F)cc1-c1cncc2ccccc12. The van der Waals surface area contributed by atoms with Gasteiger partial charge < -0.3 is 5.73 Å². The van der Waals surface area contributed by atoms with Gasteiger partial charge in [-0.3, -0.25) is 4.98 Å². The third kappa shape index (κ3) is 2.02. The summed E-state index contributed by atoms with van der Waals surface area (Å²) in [7, 11) is 0. The van der Waals surface area contributed by atoms with Gasteiger partial charge in [0.25, 0.3) is 0 Å². The zero-order chi connectivity index (χ0) is 13.4. The second-order valence-electron chi connectivity index (χ2n) is 4.26. The number of aromatic nitrogens is 1. The Hall–Kier alpha value is -2.13. The molecule has 19 heavy (non-hydrogen) atoms. The number of nitrogens with zero attached hydrogens (tertiary/aromatic N) is 1. The van der Waals surface area contributed by atoms with Crippen molar-refractivity contribution in [1.82, 2.24) is 4.98 Å². The fourth-order valence-electron chi connectivity index (χ4n) is 2.14. The molecule has 3 rings (SSSR count). The Morgan fingerprint density at radius 1 is 1.05 bits per heavy atom.